The highest BCUT2D eigenvalue weighted by molar-refractivity contribution is 7.90. The SMILES string of the molecule is CC(C)c1ccccc1[C@@H]1CCCN1C1CC2(C1)CN(c1ccc(C(=O)NS(=O)(=O)c3cc4c(c([N+](=O)[O-])c3)N[C@H](CN3C[C@H]5C[C@@H]3CO5)CO4)c(N3c4cc5cc[nH]c5nc4O[C@H]4COC[C@@H]43)c1)C2. The average molecular weight is 972 g/mol. The fourth-order valence-corrected chi connectivity index (χ4v) is 14.0. The van der Waals surface area contributed by atoms with Crippen LogP contribution < -0.4 is 29.3 Å². The van der Waals surface area contributed by atoms with Gasteiger partial charge in [0, 0.05) is 79.1 Å². The minimum Gasteiger partial charge on any atom is -0.489 e. The number of ether oxygens (including phenoxy) is 4. The molecule has 13 rings (SSSR count). The summed E-state index contributed by atoms with van der Waals surface area (Å²) in [5, 5.41) is 16.6. The third-order valence-corrected chi connectivity index (χ3v) is 17.7. The summed E-state index contributed by atoms with van der Waals surface area (Å²) >= 11 is 0. The molecule has 366 valence electrons. The van der Waals surface area contributed by atoms with Crippen molar-refractivity contribution in [2.45, 2.75) is 99.2 Å². The van der Waals surface area contributed by atoms with Gasteiger partial charge in [0.2, 0.25) is 5.88 Å². The van der Waals surface area contributed by atoms with E-state index in [1.165, 1.54) is 30.0 Å². The lowest BCUT2D eigenvalue weighted by Gasteiger charge is -2.62. The van der Waals surface area contributed by atoms with E-state index in [-0.39, 0.29) is 47.2 Å². The number of carbonyl (C=O) groups is 1. The van der Waals surface area contributed by atoms with Gasteiger partial charge in [-0.1, -0.05) is 38.1 Å². The Hall–Kier alpha value is -5.99. The summed E-state index contributed by atoms with van der Waals surface area (Å²) in [6.07, 6.45) is 7.18. The fourth-order valence-electron chi connectivity index (χ4n) is 13.0. The number of sulfonamides is 1. The number of nitro benzene ring substituents is 1. The maximum atomic E-state index is 14.7. The van der Waals surface area contributed by atoms with Gasteiger partial charge in [-0.15, -0.1) is 0 Å². The van der Waals surface area contributed by atoms with Gasteiger partial charge in [0.15, 0.2) is 11.4 Å². The van der Waals surface area contributed by atoms with Crippen LogP contribution in [0.25, 0.3) is 11.0 Å². The van der Waals surface area contributed by atoms with Crippen LogP contribution in [0.5, 0.6) is 11.6 Å². The van der Waals surface area contributed by atoms with Gasteiger partial charge in [0.25, 0.3) is 21.6 Å². The van der Waals surface area contributed by atoms with Crippen LogP contribution in [0.4, 0.5) is 28.4 Å². The van der Waals surface area contributed by atoms with Gasteiger partial charge >= 0.3 is 0 Å². The number of anilines is 4. The quantitative estimate of drug-likeness (QED) is 0.0963. The van der Waals surface area contributed by atoms with Crippen LogP contribution in [0.15, 0.2) is 77.8 Å². The number of aromatic nitrogens is 2. The summed E-state index contributed by atoms with van der Waals surface area (Å²) < 4.78 is 55.1. The minimum absolute atomic E-state index is 0.0252. The van der Waals surface area contributed by atoms with E-state index in [9.17, 15) is 23.3 Å². The Morgan fingerprint density at radius 3 is 2.67 bits per heavy atom. The number of rotatable bonds is 11. The van der Waals surface area contributed by atoms with Gasteiger partial charge in [0.1, 0.15) is 24.0 Å². The molecule has 1 aliphatic carbocycles. The Kier molecular flexibility index (Phi) is 10.4. The molecule has 3 aromatic carbocycles. The monoisotopic (exact) mass is 971 g/mol. The predicted molar refractivity (Wildman–Crippen MR) is 261 cm³/mol. The molecule has 18 nitrogen and oxygen atoms in total. The molecule has 8 aliphatic rings. The number of morpholine rings is 1. The number of hydrogen-bond donors (Lipinski definition) is 3. The van der Waals surface area contributed by atoms with Crippen molar-refractivity contribution in [2.75, 3.05) is 74.3 Å². The van der Waals surface area contributed by atoms with Crippen LogP contribution in [0.3, 0.4) is 0 Å². The van der Waals surface area contributed by atoms with Gasteiger partial charge in [-0.3, -0.25) is 24.7 Å². The van der Waals surface area contributed by atoms with Crippen molar-refractivity contribution in [2.24, 2.45) is 5.41 Å². The van der Waals surface area contributed by atoms with Gasteiger partial charge < -0.3 is 39.0 Å². The summed E-state index contributed by atoms with van der Waals surface area (Å²) in [5.74, 6) is -0.0367. The molecule has 6 fully saturated rings. The Balaban J connectivity index is 0.787. The van der Waals surface area contributed by atoms with E-state index in [1.54, 1.807) is 12.3 Å². The van der Waals surface area contributed by atoms with Crippen molar-refractivity contribution in [1.29, 1.82) is 0 Å². The maximum Gasteiger partial charge on any atom is 0.297 e. The molecule has 2 bridgehead atoms. The number of carbonyl (C=O) groups excluding carboxylic acids is 1. The van der Waals surface area contributed by atoms with E-state index in [0.717, 1.165) is 62.6 Å². The number of pyridine rings is 1. The molecule has 6 atom stereocenters. The number of amides is 1. The number of aromatic amines is 1. The molecular weight excluding hydrogens is 915 g/mol. The molecule has 1 saturated carbocycles. The predicted octanol–water partition coefficient (Wildman–Crippen LogP) is 6.46. The van der Waals surface area contributed by atoms with Gasteiger partial charge in [0.05, 0.1) is 59.1 Å². The lowest BCUT2D eigenvalue weighted by molar-refractivity contribution is -0.384. The molecular formula is C51H57N9O9S. The smallest absolute Gasteiger partial charge is 0.297 e. The summed E-state index contributed by atoms with van der Waals surface area (Å²) in [7, 11) is -4.69. The van der Waals surface area contributed by atoms with Crippen molar-refractivity contribution < 1.29 is 37.1 Å². The number of likely N-dealkylation sites (tertiary alicyclic amines) is 2. The van der Waals surface area contributed by atoms with Crippen molar-refractivity contribution in [1.82, 2.24) is 24.5 Å². The van der Waals surface area contributed by atoms with Crippen LogP contribution >= 0.6 is 0 Å². The third-order valence-electron chi connectivity index (χ3n) is 16.4. The Morgan fingerprint density at radius 2 is 1.87 bits per heavy atom. The number of hydrogen-bond acceptors (Lipinski definition) is 15. The molecule has 0 radical (unpaired) electrons. The second-order valence-corrected chi connectivity index (χ2v) is 22.8. The largest absolute Gasteiger partial charge is 0.489 e. The molecule has 5 saturated heterocycles. The summed E-state index contributed by atoms with van der Waals surface area (Å²) in [5.41, 5.74) is 5.48. The fraction of sp³-hybridized carbons (Fsp3) is 0.490. The number of nitrogens with zero attached hydrogens (tertiary/aromatic N) is 6. The van der Waals surface area contributed by atoms with E-state index in [0.29, 0.717) is 73.3 Å². The van der Waals surface area contributed by atoms with Crippen LogP contribution in [-0.4, -0.2) is 135 Å². The third kappa shape index (κ3) is 7.37. The van der Waals surface area contributed by atoms with E-state index >= 15 is 0 Å². The number of H-pyrrole nitrogens is 1. The number of nitro groups is 1. The minimum atomic E-state index is -4.69. The molecule has 9 heterocycles. The highest BCUT2D eigenvalue weighted by Crippen LogP contribution is 2.55. The maximum absolute atomic E-state index is 14.7. The van der Waals surface area contributed by atoms with Crippen molar-refractivity contribution in [3.05, 3.63) is 99.7 Å². The van der Waals surface area contributed by atoms with Crippen molar-refractivity contribution in [3.8, 4) is 11.6 Å². The molecule has 2 aromatic heterocycles. The van der Waals surface area contributed by atoms with E-state index < -0.39 is 37.5 Å². The number of fused-ring (bicyclic) bond motifs is 6. The van der Waals surface area contributed by atoms with Crippen molar-refractivity contribution in [3.63, 3.8) is 0 Å². The van der Waals surface area contributed by atoms with Crippen molar-refractivity contribution >= 4 is 55.4 Å². The first-order valence-electron chi connectivity index (χ1n) is 24.8. The molecule has 5 aromatic rings. The standard InChI is InChI=1S/C51H57N9O9S/c1-29(2)37-6-3-4-7-38(37)40-8-5-13-58(40)34-19-51(20-34)27-57(28-51)32-9-10-39(41(16-32)59-43-14-30-11-12-52-48(30)54-50(43)69-46-26-66-25-44(46)59)49(61)55-70(64,65)36-17-42(60(62)63)47-45(18-36)68-23-31(53-47)21-56-22-35-15-33(56)24-67-35/h3-4,6-7,9-12,14,16-18,29,31,33-35,40,44,46,53H,5,8,13,15,19-28H2,1-2H3,(H,52,54)(H,55,61)/t31-,33-,35-,40+,44+,46+/m1/s1. The molecule has 3 N–H and O–H groups in total. The van der Waals surface area contributed by atoms with E-state index in [2.05, 4.69) is 67.8 Å². The lowest BCUT2D eigenvalue weighted by atomic mass is 9.60. The topological polar surface area (TPSA) is 197 Å². The number of benzene rings is 3. The lowest BCUT2D eigenvalue weighted by Crippen LogP contribution is -2.66. The highest BCUT2D eigenvalue weighted by Gasteiger charge is 2.55. The molecule has 70 heavy (non-hydrogen) atoms. The Labute approximate surface area is 405 Å². The van der Waals surface area contributed by atoms with Gasteiger partial charge in [-0.05, 0) is 86.0 Å². The first kappa shape index (κ1) is 44.0. The van der Waals surface area contributed by atoms with Gasteiger partial charge in [-0.25, -0.2) is 13.1 Å². The zero-order chi connectivity index (χ0) is 47.6. The van der Waals surface area contributed by atoms with E-state index in [1.807, 2.05) is 29.2 Å². The van der Waals surface area contributed by atoms with E-state index in [4.69, 9.17) is 23.9 Å². The first-order chi connectivity index (χ1) is 33.9. The number of nitrogens with one attached hydrogen (secondary N) is 3. The normalized spacial score (nSPS) is 26.8. The zero-order valence-corrected chi connectivity index (χ0v) is 40.0. The molecule has 1 spiro atoms. The second kappa shape index (κ2) is 16.5. The average Bonchev–Trinajstić information content (AvgIpc) is 4.19. The molecule has 7 aliphatic heterocycles. The van der Waals surface area contributed by atoms with Crippen LogP contribution in [0.1, 0.15) is 79.4 Å². The summed E-state index contributed by atoms with van der Waals surface area (Å²) in [4.78, 5) is 43.5. The Morgan fingerprint density at radius 1 is 1.01 bits per heavy atom. The summed E-state index contributed by atoms with van der Waals surface area (Å²) in [6.45, 7) is 10.2. The molecule has 0 unspecified atom stereocenters. The molecule has 19 heteroatoms. The van der Waals surface area contributed by atoms with Crippen LogP contribution in [-0.2, 0) is 19.5 Å². The first-order valence-corrected chi connectivity index (χ1v) is 26.3. The molecule has 1 amide bonds. The zero-order valence-electron chi connectivity index (χ0n) is 39.2. The Bertz CT molecular complexity index is 3040. The van der Waals surface area contributed by atoms with Crippen LogP contribution in [0, 0.1) is 15.5 Å². The second-order valence-electron chi connectivity index (χ2n) is 21.1. The highest BCUT2D eigenvalue weighted by atomic mass is 32.2. The van der Waals surface area contributed by atoms with Crippen LogP contribution in [0.2, 0.25) is 0 Å². The summed E-state index contributed by atoms with van der Waals surface area (Å²) in [6, 6.07) is 21.2. The van der Waals surface area contributed by atoms with Gasteiger partial charge in [-0.2, -0.15) is 4.98 Å².